The molecule has 2 aromatic heterocycles. The van der Waals surface area contributed by atoms with E-state index in [0.717, 1.165) is 0 Å². The summed E-state index contributed by atoms with van der Waals surface area (Å²) in [6.45, 7) is 1.83. The Morgan fingerprint density at radius 3 is 2.42 bits per heavy atom. The minimum atomic E-state index is -4.46. The molecule has 0 amide bonds. The molecule has 0 bridgehead atoms. The molecule has 1 saturated heterocycles. The minimum absolute atomic E-state index is 0.196. The van der Waals surface area contributed by atoms with Crippen LogP contribution in [-0.2, 0) is 23.1 Å². The molecule has 5 unspecified atom stereocenters. The van der Waals surface area contributed by atoms with Crippen molar-refractivity contribution < 1.29 is 43.6 Å². The van der Waals surface area contributed by atoms with Gasteiger partial charge in [-0.1, -0.05) is 5.21 Å². The first-order chi connectivity index (χ1) is 15.6. The maximum atomic E-state index is 13.3. The van der Waals surface area contributed by atoms with Gasteiger partial charge in [-0.25, -0.2) is 9.48 Å². The lowest BCUT2D eigenvalue weighted by Crippen LogP contribution is -2.37. The summed E-state index contributed by atoms with van der Waals surface area (Å²) >= 11 is 0. The van der Waals surface area contributed by atoms with Crippen LogP contribution in [0.2, 0.25) is 0 Å². The molecule has 1 fully saturated rings. The number of carbonyl (C=O) groups is 1. The Hall–Kier alpha value is -2.77. The Morgan fingerprint density at radius 1 is 1.30 bits per heavy atom. The highest BCUT2D eigenvalue weighted by atomic mass is 31.2. The van der Waals surface area contributed by atoms with Gasteiger partial charge in [0.05, 0.1) is 19.8 Å². The van der Waals surface area contributed by atoms with E-state index in [-0.39, 0.29) is 13.2 Å². The van der Waals surface area contributed by atoms with E-state index < -0.39 is 72.8 Å². The summed E-state index contributed by atoms with van der Waals surface area (Å²) in [5.41, 5.74) is -2.63. The number of fused-ring (bicyclic) bond motifs is 1. The first-order valence-corrected chi connectivity index (χ1v) is 11.3. The third-order valence-electron chi connectivity index (χ3n) is 4.77. The molecular weight excluding hydrogens is 467 g/mol. The third-order valence-corrected chi connectivity index (χ3v) is 7.05. The number of carboxylic acid groups (broad SMARTS) is 1. The number of nitrogens with zero attached hydrogens (tertiary/aromatic N) is 6. The topological polar surface area (TPSA) is 232 Å². The molecule has 0 saturated carbocycles. The summed E-state index contributed by atoms with van der Waals surface area (Å²) in [5.74, 6) is -3.90. The monoisotopic (exact) mass is 488 g/mol. The van der Waals surface area contributed by atoms with Crippen LogP contribution in [0.3, 0.4) is 0 Å². The van der Waals surface area contributed by atoms with Crippen molar-refractivity contribution in [2.24, 2.45) is 0 Å². The van der Waals surface area contributed by atoms with Crippen LogP contribution >= 0.6 is 7.60 Å². The normalized spacial score (nSPS) is 24.1. The number of nitriles is 1. The predicted octanol–water partition coefficient (Wildman–Crippen LogP) is -1.68. The third kappa shape index (κ3) is 4.15. The van der Waals surface area contributed by atoms with E-state index in [1.54, 1.807) is 6.07 Å². The van der Waals surface area contributed by atoms with Crippen molar-refractivity contribution >= 4 is 24.6 Å². The summed E-state index contributed by atoms with van der Waals surface area (Å²) in [4.78, 5) is 25.4. The van der Waals surface area contributed by atoms with Gasteiger partial charge in [0.15, 0.2) is 23.0 Å². The van der Waals surface area contributed by atoms with Gasteiger partial charge in [-0.15, -0.1) is 5.10 Å². The molecule has 3 heterocycles. The van der Waals surface area contributed by atoms with E-state index >= 15 is 0 Å². The fourth-order valence-corrected chi connectivity index (χ4v) is 5.16. The predicted molar refractivity (Wildman–Crippen MR) is 105 cm³/mol. The second kappa shape index (κ2) is 9.61. The molecule has 17 heteroatoms. The molecule has 0 spiro atoms. The number of ether oxygens (including phenoxy) is 1. The fraction of sp³-hybridized carbons (Fsp3) is 0.625. The largest absolute Gasteiger partial charge is 0.479 e. The maximum absolute atomic E-state index is 13.3. The smallest absolute Gasteiger partial charge is 0.366 e. The van der Waals surface area contributed by atoms with Crippen molar-refractivity contribution in [2.45, 2.75) is 44.2 Å². The molecular formula is C16H21N6O10P. The van der Waals surface area contributed by atoms with Gasteiger partial charge in [0, 0.05) is 0 Å². The van der Waals surface area contributed by atoms with E-state index in [1.165, 1.54) is 13.8 Å². The Balaban J connectivity index is 2.28. The highest BCUT2D eigenvalue weighted by molar-refractivity contribution is 7.55. The van der Waals surface area contributed by atoms with E-state index in [2.05, 4.69) is 15.4 Å². The van der Waals surface area contributed by atoms with Crippen molar-refractivity contribution in [1.82, 2.24) is 24.8 Å². The molecule has 0 aliphatic carbocycles. The molecule has 16 nitrogen and oxygen atoms in total. The van der Waals surface area contributed by atoms with Crippen LogP contribution in [0.5, 0.6) is 0 Å². The van der Waals surface area contributed by atoms with Crippen LogP contribution in [0.25, 0.3) is 11.0 Å². The first-order valence-electron chi connectivity index (χ1n) is 9.66. The van der Waals surface area contributed by atoms with Gasteiger partial charge >= 0.3 is 13.6 Å². The molecule has 4 N–H and O–H groups in total. The summed E-state index contributed by atoms with van der Waals surface area (Å²) in [5, 5.41) is 59.8. The van der Waals surface area contributed by atoms with Gasteiger partial charge in [0.2, 0.25) is 0 Å². The molecule has 180 valence electrons. The van der Waals surface area contributed by atoms with Crippen LogP contribution < -0.4 is 5.56 Å². The number of aliphatic carboxylic acids is 1. The molecule has 0 aromatic carbocycles. The van der Waals surface area contributed by atoms with Crippen molar-refractivity contribution in [2.75, 3.05) is 19.8 Å². The lowest BCUT2D eigenvalue weighted by atomic mass is 10.1. The standard InChI is InChI=1S/C16H21N6O10P/c1-3-30-33(29,31-4-2)15(16(27)28)21-10-9(7(5-17)19-21)18-20-22(13(10)26)14-12(25)11(24)8(6-23)32-14/h8,11-12,14-15,23-25H,3-4,6H2,1-2H3,(H,27,28). The molecule has 1 aliphatic heterocycles. The molecule has 3 rings (SSSR count). The zero-order chi connectivity index (χ0) is 24.5. The van der Waals surface area contributed by atoms with Crippen molar-refractivity contribution in [3.63, 3.8) is 0 Å². The van der Waals surface area contributed by atoms with Crippen molar-refractivity contribution in [3.05, 3.63) is 16.0 Å². The van der Waals surface area contributed by atoms with Crippen LogP contribution in [0, 0.1) is 11.3 Å². The van der Waals surface area contributed by atoms with Gasteiger partial charge in [-0.05, 0) is 13.8 Å². The Kier molecular flexibility index (Phi) is 7.24. The lowest BCUT2D eigenvalue weighted by molar-refractivity contribution is -0.139. The highest BCUT2D eigenvalue weighted by Crippen LogP contribution is 2.59. The number of aromatic nitrogens is 5. The molecule has 5 atom stereocenters. The van der Waals surface area contributed by atoms with Gasteiger partial charge < -0.3 is 34.2 Å². The fourth-order valence-electron chi connectivity index (χ4n) is 3.37. The van der Waals surface area contributed by atoms with E-state index in [0.29, 0.717) is 9.36 Å². The van der Waals surface area contributed by atoms with Crippen LogP contribution in [0.4, 0.5) is 0 Å². The lowest BCUT2D eigenvalue weighted by Gasteiger charge is -2.23. The summed E-state index contributed by atoms with van der Waals surface area (Å²) < 4.78 is 29.8. The number of aliphatic hydroxyl groups is 3. The summed E-state index contributed by atoms with van der Waals surface area (Å²) in [6.07, 6.45) is -6.11. The van der Waals surface area contributed by atoms with E-state index in [4.69, 9.17) is 13.8 Å². The zero-order valence-corrected chi connectivity index (χ0v) is 18.3. The minimum Gasteiger partial charge on any atom is -0.479 e. The summed E-state index contributed by atoms with van der Waals surface area (Å²) in [6, 6.07) is 1.65. The van der Waals surface area contributed by atoms with Crippen molar-refractivity contribution in [3.8, 4) is 6.07 Å². The average molecular weight is 488 g/mol. The molecule has 0 radical (unpaired) electrons. The average Bonchev–Trinajstić information content (AvgIpc) is 3.26. The SMILES string of the molecule is CCOP(=O)(OCC)C(C(=O)O)n1nc(C#N)c2nnn(C3OC(CO)C(O)C3O)c(=O)c21. The van der Waals surface area contributed by atoms with Gasteiger partial charge in [0.25, 0.3) is 11.3 Å². The number of hydrogen-bond acceptors (Lipinski definition) is 13. The van der Waals surface area contributed by atoms with E-state index in [1.807, 2.05) is 0 Å². The first kappa shape index (κ1) is 24.9. The van der Waals surface area contributed by atoms with E-state index in [9.17, 15) is 39.8 Å². The summed E-state index contributed by atoms with van der Waals surface area (Å²) in [7, 11) is -4.46. The number of rotatable bonds is 9. The molecule has 33 heavy (non-hydrogen) atoms. The van der Waals surface area contributed by atoms with Crippen LogP contribution in [-0.4, -0.2) is 89.3 Å². The number of aliphatic hydroxyl groups excluding tert-OH is 3. The van der Waals surface area contributed by atoms with Crippen LogP contribution in [0.15, 0.2) is 4.79 Å². The number of hydrogen-bond donors (Lipinski definition) is 4. The Labute approximate surface area is 185 Å². The van der Waals surface area contributed by atoms with Gasteiger partial charge in [-0.3, -0.25) is 9.36 Å². The highest BCUT2D eigenvalue weighted by Gasteiger charge is 2.47. The maximum Gasteiger partial charge on any atom is 0.366 e. The second-order valence-electron chi connectivity index (χ2n) is 6.76. The molecule has 2 aromatic rings. The number of carboxylic acids is 1. The zero-order valence-electron chi connectivity index (χ0n) is 17.4. The van der Waals surface area contributed by atoms with Crippen LogP contribution in [0.1, 0.15) is 31.6 Å². The Morgan fingerprint density at radius 2 is 1.94 bits per heavy atom. The van der Waals surface area contributed by atoms with Crippen molar-refractivity contribution in [1.29, 1.82) is 5.26 Å². The van der Waals surface area contributed by atoms with Gasteiger partial charge in [-0.2, -0.15) is 15.0 Å². The second-order valence-corrected chi connectivity index (χ2v) is 8.84. The molecule has 1 aliphatic rings. The Bertz CT molecular complexity index is 1180. The quantitative estimate of drug-likeness (QED) is 0.289. The van der Waals surface area contributed by atoms with Gasteiger partial charge in [0.1, 0.15) is 24.4 Å².